The van der Waals surface area contributed by atoms with Crippen molar-refractivity contribution in [3.05, 3.63) is 98.1 Å². The molecule has 0 radical (unpaired) electrons. The number of hydrogen-bond donors (Lipinski definition) is 4. The number of aliphatic hydroxyl groups excluding tert-OH is 1. The summed E-state index contributed by atoms with van der Waals surface area (Å²) < 4.78 is 23.3. The Morgan fingerprint density at radius 3 is 2.57 bits per heavy atom. The molecule has 4 N–H and O–H groups in total. The summed E-state index contributed by atoms with van der Waals surface area (Å²) in [6.07, 6.45) is 0.374. The van der Waals surface area contributed by atoms with Crippen LogP contribution >= 0.6 is 27.5 Å². The molecule has 44 heavy (non-hydrogen) atoms. The van der Waals surface area contributed by atoms with E-state index in [0.29, 0.717) is 52.3 Å². The molecule has 1 aliphatic rings. The molecule has 1 aliphatic heterocycles. The average Bonchev–Trinajstić information content (AvgIpc) is 3.00. The van der Waals surface area contributed by atoms with Crippen LogP contribution in [0.2, 0.25) is 5.02 Å². The van der Waals surface area contributed by atoms with E-state index in [0.717, 1.165) is 10.0 Å². The van der Waals surface area contributed by atoms with Gasteiger partial charge in [0, 0.05) is 20.8 Å². The van der Waals surface area contributed by atoms with Crippen LogP contribution in [0.15, 0.2) is 81.5 Å². The molecule has 2 atom stereocenters. The Kier molecular flexibility index (Phi) is 11.5. The Morgan fingerprint density at radius 2 is 1.84 bits per heavy atom. The first-order chi connectivity index (χ1) is 21.2. The van der Waals surface area contributed by atoms with Crippen LogP contribution in [-0.2, 0) is 16.1 Å². The van der Waals surface area contributed by atoms with Crippen LogP contribution in [0.5, 0.6) is 17.2 Å². The minimum atomic E-state index is -1.16. The van der Waals surface area contributed by atoms with E-state index >= 15 is 0 Å². The maximum Gasteiger partial charge on any atom is 0.337 e. The summed E-state index contributed by atoms with van der Waals surface area (Å²) in [6, 6.07) is 16.7. The van der Waals surface area contributed by atoms with Crippen molar-refractivity contribution < 1.29 is 33.6 Å². The number of nitrogens with zero attached hydrogens (tertiary/aromatic N) is 1. The zero-order valence-corrected chi connectivity index (χ0v) is 26.6. The summed E-state index contributed by atoms with van der Waals surface area (Å²) in [4.78, 5) is 24.6. The van der Waals surface area contributed by atoms with E-state index in [9.17, 15) is 14.7 Å². The highest BCUT2D eigenvalue weighted by Crippen LogP contribution is 2.35. The van der Waals surface area contributed by atoms with E-state index in [1.54, 1.807) is 37.3 Å². The molecule has 3 aromatic rings. The number of nitrogens with one attached hydrogen (secondary N) is 3. The predicted octanol–water partition coefficient (Wildman–Crippen LogP) is 5.20. The third-order valence-corrected chi connectivity index (χ3v) is 7.12. The molecule has 13 heteroatoms. The molecule has 232 valence electrons. The van der Waals surface area contributed by atoms with Crippen LogP contribution in [-0.4, -0.2) is 49.9 Å². The summed E-state index contributed by atoms with van der Waals surface area (Å²) in [5.74, 6) is 0.750. The van der Waals surface area contributed by atoms with E-state index in [-0.39, 0.29) is 12.2 Å². The lowest BCUT2D eigenvalue weighted by atomic mass is 9.95. The number of hydrogen-bond acceptors (Lipinski definition) is 9. The molecule has 0 fully saturated rings. The number of allylic oxidation sites excluding steroid dienone is 1. The maximum atomic E-state index is 12.4. The average molecular weight is 688 g/mol. The summed E-state index contributed by atoms with van der Waals surface area (Å²) in [5.41, 5.74) is 5.53. The number of ether oxygens (including phenoxy) is 4. The quantitative estimate of drug-likeness (QED) is 0.0833. The zero-order chi connectivity index (χ0) is 31.6. The third-order valence-electron chi connectivity index (χ3n) is 6.38. The first-order valence-corrected chi connectivity index (χ1v) is 14.7. The molecule has 4 rings (SSSR count). The largest absolute Gasteiger partial charge is 0.490 e. The van der Waals surface area contributed by atoms with Gasteiger partial charge in [-0.25, -0.2) is 9.59 Å². The second-order valence-electron chi connectivity index (χ2n) is 9.51. The van der Waals surface area contributed by atoms with Crippen molar-refractivity contribution in [1.29, 1.82) is 0 Å². The van der Waals surface area contributed by atoms with Crippen molar-refractivity contribution in [3.63, 3.8) is 0 Å². The highest BCUT2D eigenvalue weighted by Gasteiger charge is 2.32. The molecule has 0 unspecified atom stereocenters. The minimum absolute atomic E-state index is 0.161. The van der Waals surface area contributed by atoms with E-state index in [2.05, 4.69) is 37.1 Å². The van der Waals surface area contributed by atoms with Gasteiger partial charge in [0.2, 0.25) is 0 Å². The van der Waals surface area contributed by atoms with E-state index in [1.807, 2.05) is 37.3 Å². The number of halogens is 2. The van der Waals surface area contributed by atoms with Crippen molar-refractivity contribution in [2.75, 3.05) is 20.3 Å². The van der Waals surface area contributed by atoms with Gasteiger partial charge in [-0.05, 0) is 67.4 Å². The second-order valence-corrected chi connectivity index (χ2v) is 10.9. The second kappa shape index (κ2) is 15.5. The Morgan fingerprint density at radius 1 is 1.09 bits per heavy atom. The minimum Gasteiger partial charge on any atom is -0.490 e. The molecule has 0 aromatic heterocycles. The van der Waals surface area contributed by atoms with Gasteiger partial charge in [-0.1, -0.05) is 45.7 Å². The van der Waals surface area contributed by atoms with Crippen molar-refractivity contribution in [1.82, 2.24) is 16.1 Å². The van der Waals surface area contributed by atoms with E-state index in [1.165, 1.54) is 13.3 Å². The van der Waals surface area contributed by atoms with Crippen LogP contribution < -0.4 is 30.3 Å². The van der Waals surface area contributed by atoms with E-state index in [4.69, 9.17) is 30.5 Å². The lowest BCUT2D eigenvalue weighted by Gasteiger charge is -2.28. The Hall–Kier alpha value is -4.26. The fourth-order valence-corrected chi connectivity index (χ4v) is 4.81. The monoisotopic (exact) mass is 686 g/mol. The topological polar surface area (TPSA) is 140 Å². The zero-order valence-electron chi connectivity index (χ0n) is 24.2. The van der Waals surface area contributed by atoms with Gasteiger partial charge in [-0.15, -0.1) is 0 Å². The first kappa shape index (κ1) is 32.6. The molecule has 0 saturated heterocycles. The van der Waals surface area contributed by atoms with Crippen molar-refractivity contribution in [3.8, 4) is 17.2 Å². The fourth-order valence-electron chi connectivity index (χ4n) is 4.31. The molecular weight excluding hydrogens is 656 g/mol. The van der Waals surface area contributed by atoms with Crippen molar-refractivity contribution in [2.24, 2.45) is 5.10 Å². The fraction of sp³-hybridized carbons (Fsp3) is 0.258. The number of benzene rings is 3. The number of rotatable bonds is 13. The maximum absolute atomic E-state index is 12.4. The van der Waals surface area contributed by atoms with Gasteiger partial charge in [0.1, 0.15) is 19.0 Å². The van der Waals surface area contributed by atoms with Crippen LogP contribution in [0.1, 0.15) is 36.6 Å². The summed E-state index contributed by atoms with van der Waals surface area (Å²) in [7, 11) is 1.27. The number of urea groups is 1. The predicted molar refractivity (Wildman–Crippen MR) is 169 cm³/mol. The van der Waals surface area contributed by atoms with Gasteiger partial charge in [0.25, 0.3) is 0 Å². The summed E-state index contributed by atoms with van der Waals surface area (Å²) in [6.45, 7) is 3.95. The van der Waals surface area contributed by atoms with Gasteiger partial charge in [-0.3, -0.25) is 5.43 Å². The number of esters is 1. The number of hydrazone groups is 1. The third kappa shape index (κ3) is 8.65. The standard InChI is InChI=1S/C31H32BrClN4O7/c1-4-42-26-14-20(29-28(30(39)41-3)18(2)35-31(40)36-29)7-11-25(26)44-17-27(38)37-34-15-21-13-22(32)8-12-24(21)43-16-19-5-9-23(33)10-6-19/h5-15,27,29,37-38H,4,16-17H2,1-3H3,(H2,35,36,40)/b34-15-/t27-,29-/m1/s1. The molecule has 1 heterocycles. The Labute approximate surface area is 268 Å². The number of carbonyl (C=O) groups is 2. The summed E-state index contributed by atoms with van der Waals surface area (Å²) >= 11 is 9.42. The lowest BCUT2D eigenvalue weighted by Crippen LogP contribution is -2.45. The Balaban J connectivity index is 1.40. The van der Waals surface area contributed by atoms with Crippen molar-refractivity contribution >= 4 is 45.7 Å². The van der Waals surface area contributed by atoms with Crippen LogP contribution in [0.25, 0.3) is 0 Å². The highest BCUT2D eigenvalue weighted by atomic mass is 79.9. The molecule has 0 bridgehead atoms. The van der Waals surface area contributed by atoms with Gasteiger partial charge in [-0.2, -0.15) is 5.10 Å². The van der Waals surface area contributed by atoms with Gasteiger partial charge in [0.05, 0.1) is 31.5 Å². The van der Waals surface area contributed by atoms with Crippen LogP contribution in [0.3, 0.4) is 0 Å². The molecule has 0 spiro atoms. The van der Waals surface area contributed by atoms with Crippen LogP contribution in [0, 0.1) is 0 Å². The molecule has 11 nitrogen and oxygen atoms in total. The highest BCUT2D eigenvalue weighted by molar-refractivity contribution is 9.10. The molecule has 2 amide bonds. The molecule has 0 aliphatic carbocycles. The van der Waals surface area contributed by atoms with Crippen molar-refractivity contribution in [2.45, 2.75) is 32.7 Å². The Bertz CT molecular complexity index is 1550. The number of carbonyl (C=O) groups excluding carboxylic acids is 2. The van der Waals surface area contributed by atoms with Gasteiger partial charge < -0.3 is 34.7 Å². The van der Waals surface area contributed by atoms with Gasteiger partial charge >= 0.3 is 12.0 Å². The lowest BCUT2D eigenvalue weighted by molar-refractivity contribution is -0.136. The number of aliphatic hydroxyl groups is 1. The molecular formula is C31H32BrClN4O7. The smallest absolute Gasteiger partial charge is 0.337 e. The number of methoxy groups -OCH3 is 1. The van der Waals surface area contributed by atoms with E-state index < -0.39 is 24.3 Å². The number of amides is 2. The molecule has 0 saturated carbocycles. The first-order valence-electron chi connectivity index (χ1n) is 13.6. The van der Waals surface area contributed by atoms with Crippen LogP contribution in [0.4, 0.5) is 4.79 Å². The normalized spacial score (nSPS) is 15.3. The summed E-state index contributed by atoms with van der Waals surface area (Å²) in [5, 5.41) is 20.6. The SMILES string of the molecule is CCOc1cc([C@H]2NC(=O)NC(C)=C2C(=O)OC)ccc1OC[C@@H](O)N/N=C\c1cc(Br)ccc1OCc1ccc(Cl)cc1. The van der Waals surface area contributed by atoms with Gasteiger partial charge in [0.15, 0.2) is 17.7 Å². The molecule has 3 aromatic carbocycles.